The van der Waals surface area contributed by atoms with E-state index in [2.05, 4.69) is 114 Å². The molecule has 1 nitrogen and oxygen atoms in total. The van der Waals surface area contributed by atoms with Gasteiger partial charge >= 0.3 is 0 Å². The number of aromatic nitrogens is 1. The highest BCUT2D eigenvalue weighted by molar-refractivity contribution is 6.25. The summed E-state index contributed by atoms with van der Waals surface area (Å²) in [5.74, 6) is 0. The van der Waals surface area contributed by atoms with Crippen molar-refractivity contribution in [1.29, 1.82) is 0 Å². The number of pyridine rings is 1. The van der Waals surface area contributed by atoms with E-state index in [0.29, 0.717) is 0 Å². The van der Waals surface area contributed by atoms with Crippen LogP contribution in [-0.4, -0.2) is 0 Å². The maximum atomic E-state index is 2.42. The molecule has 0 aliphatic carbocycles. The van der Waals surface area contributed by atoms with E-state index in [0.717, 1.165) is 6.54 Å². The minimum Gasteiger partial charge on any atom is -0.193 e. The molecule has 0 N–H and O–H groups in total. The van der Waals surface area contributed by atoms with Crippen LogP contribution in [0.1, 0.15) is 5.56 Å². The lowest BCUT2D eigenvalue weighted by Gasteiger charge is -2.09. The first-order valence-electron chi connectivity index (χ1n) is 10.8. The number of benzene rings is 5. The summed E-state index contributed by atoms with van der Waals surface area (Å²) in [7, 11) is 0. The zero-order valence-corrected chi connectivity index (χ0v) is 17.0. The second kappa shape index (κ2) is 6.26. The molecule has 0 amide bonds. The number of hydrogen-bond acceptors (Lipinski definition) is 0. The van der Waals surface area contributed by atoms with Gasteiger partial charge < -0.3 is 0 Å². The van der Waals surface area contributed by atoms with E-state index < -0.39 is 0 Å². The monoisotopic (exact) mass is 394 g/mol. The van der Waals surface area contributed by atoms with Gasteiger partial charge in [-0.1, -0.05) is 91.0 Å². The molecule has 0 fully saturated rings. The molecule has 0 saturated heterocycles. The normalized spacial score (nSPS) is 12.4. The average Bonchev–Trinajstić information content (AvgIpc) is 3.20. The molecular weight excluding hydrogens is 374 g/mol. The molecule has 0 atom stereocenters. The molecular formula is C30H20N+. The van der Waals surface area contributed by atoms with Crippen LogP contribution in [-0.2, 0) is 6.54 Å². The van der Waals surface area contributed by atoms with Gasteiger partial charge in [0, 0.05) is 17.0 Å². The average molecular weight is 394 g/mol. The Balaban J connectivity index is 1.55. The summed E-state index contributed by atoms with van der Waals surface area (Å²) in [4.78, 5) is 0. The van der Waals surface area contributed by atoms with Crippen LogP contribution in [0.15, 0.2) is 109 Å². The van der Waals surface area contributed by atoms with Crippen molar-refractivity contribution in [3.63, 3.8) is 0 Å². The van der Waals surface area contributed by atoms with E-state index in [-0.39, 0.29) is 0 Å². The van der Waals surface area contributed by atoms with Crippen molar-refractivity contribution in [2.45, 2.75) is 6.54 Å². The van der Waals surface area contributed by atoms with Gasteiger partial charge in [0.1, 0.15) is 0 Å². The molecule has 1 aromatic heterocycles. The zero-order valence-electron chi connectivity index (χ0n) is 17.0. The van der Waals surface area contributed by atoms with Gasteiger partial charge in [-0.05, 0) is 38.7 Å². The second-order valence-electron chi connectivity index (χ2n) is 8.44. The van der Waals surface area contributed by atoms with Crippen molar-refractivity contribution >= 4 is 32.3 Å². The smallest absolute Gasteiger partial charge is 0.193 e. The van der Waals surface area contributed by atoms with Crippen LogP contribution in [0.2, 0.25) is 0 Å². The lowest BCUT2D eigenvalue weighted by atomic mass is 9.94. The van der Waals surface area contributed by atoms with Gasteiger partial charge in [-0.15, -0.1) is 0 Å². The van der Waals surface area contributed by atoms with Crippen LogP contribution >= 0.6 is 0 Å². The highest BCUT2D eigenvalue weighted by Gasteiger charge is 2.28. The van der Waals surface area contributed by atoms with Crippen molar-refractivity contribution in [2.24, 2.45) is 0 Å². The van der Waals surface area contributed by atoms with Gasteiger partial charge in [0.2, 0.25) is 5.69 Å². The fourth-order valence-corrected chi connectivity index (χ4v) is 5.25. The van der Waals surface area contributed by atoms with Crippen LogP contribution in [0.4, 0.5) is 0 Å². The quantitative estimate of drug-likeness (QED) is 0.206. The van der Waals surface area contributed by atoms with Gasteiger partial charge in [-0.3, -0.25) is 0 Å². The first-order chi connectivity index (χ1) is 15.4. The molecule has 0 bridgehead atoms. The van der Waals surface area contributed by atoms with Gasteiger partial charge in [0.05, 0.1) is 10.9 Å². The first kappa shape index (κ1) is 16.8. The molecule has 1 aliphatic heterocycles. The molecule has 0 radical (unpaired) electrons. The highest BCUT2D eigenvalue weighted by Crippen LogP contribution is 2.38. The molecule has 2 heterocycles. The summed E-state index contributed by atoms with van der Waals surface area (Å²) >= 11 is 0. The Morgan fingerprint density at radius 1 is 0.484 bits per heavy atom. The third-order valence-corrected chi connectivity index (χ3v) is 6.72. The maximum absolute atomic E-state index is 2.42. The Bertz CT molecular complexity index is 1640. The summed E-state index contributed by atoms with van der Waals surface area (Å²) in [6, 6.07) is 37.6. The number of fused-ring (bicyclic) bond motifs is 9. The van der Waals surface area contributed by atoms with Crippen LogP contribution in [0.3, 0.4) is 0 Å². The molecule has 1 aliphatic rings. The Labute approximate surface area is 180 Å². The molecule has 1 heteroatoms. The van der Waals surface area contributed by atoms with E-state index in [4.69, 9.17) is 0 Å². The minimum absolute atomic E-state index is 0.927. The van der Waals surface area contributed by atoms with Crippen molar-refractivity contribution in [3.05, 3.63) is 115 Å². The van der Waals surface area contributed by atoms with Gasteiger partial charge in [0.25, 0.3) is 0 Å². The van der Waals surface area contributed by atoms with Crippen LogP contribution in [0, 0.1) is 0 Å². The van der Waals surface area contributed by atoms with Gasteiger partial charge in [-0.2, -0.15) is 4.57 Å². The molecule has 0 spiro atoms. The third kappa shape index (κ3) is 2.41. The van der Waals surface area contributed by atoms with Crippen molar-refractivity contribution in [2.75, 3.05) is 0 Å². The van der Waals surface area contributed by atoms with E-state index in [1.807, 2.05) is 0 Å². The van der Waals surface area contributed by atoms with Crippen molar-refractivity contribution < 1.29 is 4.57 Å². The topological polar surface area (TPSA) is 3.88 Å². The lowest BCUT2D eigenvalue weighted by Crippen LogP contribution is -2.31. The zero-order chi connectivity index (χ0) is 20.4. The Hall–Kier alpha value is -3.97. The van der Waals surface area contributed by atoms with E-state index in [1.54, 1.807) is 0 Å². The Morgan fingerprint density at radius 3 is 1.81 bits per heavy atom. The number of rotatable bonds is 1. The molecule has 144 valence electrons. The SMILES string of the molecule is c1ccc(-c2ccc3c(c2)-c2cc4c5ccccc5c5ccccc5c4c[n+]2C3)cc1. The first-order valence-corrected chi connectivity index (χ1v) is 10.8. The summed E-state index contributed by atoms with van der Waals surface area (Å²) in [5.41, 5.74) is 6.59. The van der Waals surface area contributed by atoms with Crippen LogP contribution < -0.4 is 4.57 Å². The number of nitrogens with zero attached hydrogens (tertiary/aromatic N) is 1. The lowest BCUT2D eigenvalue weighted by molar-refractivity contribution is -0.670. The molecule has 5 aromatic carbocycles. The molecule has 0 saturated carbocycles. The molecule has 6 aromatic rings. The van der Waals surface area contributed by atoms with Gasteiger partial charge in [0.15, 0.2) is 12.7 Å². The predicted molar refractivity (Wildman–Crippen MR) is 129 cm³/mol. The van der Waals surface area contributed by atoms with E-state index in [1.165, 1.54) is 60.3 Å². The summed E-state index contributed by atoms with van der Waals surface area (Å²) in [5, 5.41) is 7.96. The fourth-order valence-electron chi connectivity index (χ4n) is 5.25. The van der Waals surface area contributed by atoms with Crippen molar-refractivity contribution in [3.8, 4) is 22.4 Å². The fraction of sp³-hybridized carbons (Fsp3) is 0.0333. The second-order valence-corrected chi connectivity index (χ2v) is 8.44. The van der Waals surface area contributed by atoms with E-state index >= 15 is 0 Å². The standard InChI is InChI=1S/C30H20N/c1-2-8-20(9-3-1)21-14-15-22-18-31-19-29-26-13-7-5-11-24(26)23-10-4-6-12-25(23)28(29)17-30(31)27(22)16-21/h1-17,19H,18H2/q+1. The highest BCUT2D eigenvalue weighted by atomic mass is 15.0. The largest absolute Gasteiger partial charge is 0.213 e. The summed E-state index contributed by atoms with van der Waals surface area (Å²) < 4.78 is 2.42. The van der Waals surface area contributed by atoms with Crippen LogP contribution in [0.25, 0.3) is 54.7 Å². The number of hydrogen-bond donors (Lipinski definition) is 0. The van der Waals surface area contributed by atoms with Crippen LogP contribution in [0.5, 0.6) is 0 Å². The third-order valence-electron chi connectivity index (χ3n) is 6.72. The molecule has 7 rings (SSSR count). The van der Waals surface area contributed by atoms with E-state index in [9.17, 15) is 0 Å². The summed E-state index contributed by atoms with van der Waals surface area (Å²) in [6.45, 7) is 0.927. The minimum atomic E-state index is 0.927. The van der Waals surface area contributed by atoms with Gasteiger partial charge in [-0.25, -0.2) is 0 Å². The predicted octanol–water partition coefficient (Wildman–Crippen LogP) is 7.13. The Kier molecular flexibility index (Phi) is 3.39. The van der Waals surface area contributed by atoms with Crippen molar-refractivity contribution in [1.82, 2.24) is 0 Å². The molecule has 0 unspecified atom stereocenters. The summed E-state index contributed by atoms with van der Waals surface area (Å²) in [6.07, 6.45) is 2.36. The molecule has 31 heavy (non-hydrogen) atoms. The Morgan fingerprint density at radius 2 is 1.10 bits per heavy atom. The maximum Gasteiger partial charge on any atom is 0.213 e.